The van der Waals surface area contributed by atoms with E-state index in [1.54, 1.807) is 0 Å². The summed E-state index contributed by atoms with van der Waals surface area (Å²) < 4.78 is 11.4. The van der Waals surface area contributed by atoms with Gasteiger partial charge in [-0.1, -0.05) is 158 Å². The van der Waals surface area contributed by atoms with Gasteiger partial charge in [-0.15, -0.1) is 0 Å². The first-order valence-corrected chi connectivity index (χ1v) is 19.1. The van der Waals surface area contributed by atoms with Crippen LogP contribution in [0, 0.1) is 0 Å². The van der Waals surface area contributed by atoms with E-state index in [2.05, 4.69) is 130 Å². The van der Waals surface area contributed by atoms with E-state index in [4.69, 9.17) is 19.4 Å². The summed E-state index contributed by atoms with van der Waals surface area (Å²) in [7, 11) is 0. The van der Waals surface area contributed by atoms with Crippen molar-refractivity contribution in [3.8, 4) is 45.5 Å². The standard InChI is InChI=1S/C51H31N5O/c1-4-15-32(16-5-1)36-23-14-24-42-39-28-27-35(31-45(39)57-48(36)42)55-43-25-12-10-21-37(43)40-29-30-41-38-22-11-13-26-44(38)56(47(41)46(40)55)51-53-49(33-17-6-2-7-18-33)52-50(54-51)34-19-8-3-9-20-34/h1-31H. The number of aromatic nitrogens is 5. The van der Waals surface area contributed by atoms with E-state index in [9.17, 15) is 0 Å². The van der Waals surface area contributed by atoms with Crippen molar-refractivity contribution in [2.24, 2.45) is 0 Å². The summed E-state index contributed by atoms with van der Waals surface area (Å²) in [6, 6.07) is 65.4. The quantitative estimate of drug-likeness (QED) is 0.177. The van der Waals surface area contributed by atoms with Crippen molar-refractivity contribution in [2.75, 3.05) is 0 Å². The predicted molar refractivity (Wildman–Crippen MR) is 232 cm³/mol. The summed E-state index contributed by atoms with van der Waals surface area (Å²) >= 11 is 0. The highest BCUT2D eigenvalue weighted by molar-refractivity contribution is 6.24. The van der Waals surface area contributed by atoms with Crippen LogP contribution in [0.2, 0.25) is 0 Å². The molecule has 0 saturated heterocycles. The molecule has 6 heteroatoms. The third-order valence-corrected chi connectivity index (χ3v) is 11.2. The number of hydrogen-bond acceptors (Lipinski definition) is 4. The van der Waals surface area contributed by atoms with Gasteiger partial charge in [-0.2, -0.15) is 9.97 Å². The number of para-hydroxylation sites is 3. The highest BCUT2D eigenvalue weighted by Gasteiger charge is 2.24. The van der Waals surface area contributed by atoms with Crippen molar-refractivity contribution in [1.29, 1.82) is 0 Å². The van der Waals surface area contributed by atoms with E-state index in [0.717, 1.165) is 93.5 Å². The molecule has 0 atom stereocenters. The third-order valence-electron chi connectivity index (χ3n) is 11.2. The second-order valence-corrected chi connectivity index (χ2v) is 14.4. The molecule has 0 N–H and O–H groups in total. The zero-order valence-electron chi connectivity index (χ0n) is 30.5. The average Bonchev–Trinajstić information content (AvgIpc) is 3.95. The highest BCUT2D eigenvalue weighted by Crippen LogP contribution is 2.43. The van der Waals surface area contributed by atoms with Crippen LogP contribution in [0.3, 0.4) is 0 Å². The number of nitrogens with zero attached hydrogens (tertiary/aromatic N) is 5. The minimum absolute atomic E-state index is 0.555. The molecule has 266 valence electrons. The summed E-state index contributed by atoms with van der Waals surface area (Å²) in [4.78, 5) is 15.5. The van der Waals surface area contributed by atoms with Gasteiger partial charge in [0.25, 0.3) is 0 Å². The SMILES string of the molecule is c1ccc(-c2nc(-c3ccccc3)nc(-n3c4ccccc4c4ccc5c6ccccc6n(-c6ccc7c(c6)oc6c(-c8ccccc8)cccc67)c5c43)n2)cc1. The molecule has 0 aliphatic carbocycles. The molecule has 0 aliphatic heterocycles. The van der Waals surface area contributed by atoms with Crippen molar-refractivity contribution in [2.45, 2.75) is 0 Å². The summed E-state index contributed by atoms with van der Waals surface area (Å²) in [6.07, 6.45) is 0. The molecule has 12 aromatic rings. The average molecular weight is 730 g/mol. The maximum Gasteiger partial charge on any atom is 0.238 e. The van der Waals surface area contributed by atoms with Crippen LogP contribution in [-0.2, 0) is 0 Å². The van der Waals surface area contributed by atoms with Gasteiger partial charge in [0.15, 0.2) is 11.6 Å². The smallest absolute Gasteiger partial charge is 0.238 e. The molecule has 0 saturated carbocycles. The molecule has 0 unspecified atom stereocenters. The lowest BCUT2D eigenvalue weighted by atomic mass is 10.0. The van der Waals surface area contributed by atoms with Crippen molar-refractivity contribution in [3.05, 3.63) is 188 Å². The van der Waals surface area contributed by atoms with Gasteiger partial charge in [0.1, 0.15) is 11.2 Å². The van der Waals surface area contributed by atoms with Gasteiger partial charge in [-0.3, -0.25) is 4.57 Å². The van der Waals surface area contributed by atoms with Gasteiger partial charge in [0.2, 0.25) is 5.95 Å². The van der Waals surface area contributed by atoms with Crippen LogP contribution in [-0.4, -0.2) is 24.1 Å². The first-order chi connectivity index (χ1) is 28.3. The Bertz CT molecular complexity index is 3450. The van der Waals surface area contributed by atoms with E-state index >= 15 is 0 Å². The fourth-order valence-corrected chi connectivity index (χ4v) is 8.65. The summed E-state index contributed by atoms with van der Waals surface area (Å²) in [6.45, 7) is 0. The Morgan fingerprint density at radius 3 is 1.51 bits per heavy atom. The minimum atomic E-state index is 0.555. The summed E-state index contributed by atoms with van der Waals surface area (Å²) in [5.41, 5.74) is 11.0. The molecule has 0 radical (unpaired) electrons. The molecule has 57 heavy (non-hydrogen) atoms. The van der Waals surface area contributed by atoms with Gasteiger partial charge in [0, 0.05) is 55.1 Å². The molecule has 4 heterocycles. The first kappa shape index (κ1) is 31.5. The van der Waals surface area contributed by atoms with Crippen molar-refractivity contribution in [1.82, 2.24) is 24.1 Å². The fraction of sp³-hybridized carbons (Fsp3) is 0. The lowest BCUT2D eigenvalue weighted by molar-refractivity contribution is 0.669. The normalized spacial score (nSPS) is 11.9. The second kappa shape index (κ2) is 12.3. The maximum atomic E-state index is 6.79. The van der Waals surface area contributed by atoms with Crippen LogP contribution in [0.1, 0.15) is 0 Å². The number of rotatable bonds is 5. The molecular formula is C51H31N5O. The van der Waals surface area contributed by atoms with Crippen LogP contribution >= 0.6 is 0 Å². The fourth-order valence-electron chi connectivity index (χ4n) is 8.65. The monoisotopic (exact) mass is 729 g/mol. The van der Waals surface area contributed by atoms with Crippen molar-refractivity contribution >= 4 is 65.6 Å². The zero-order valence-corrected chi connectivity index (χ0v) is 30.5. The molecule has 0 fully saturated rings. The van der Waals surface area contributed by atoms with Gasteiger partial charge in [-0.05, 0) is 29.8 Å². The van der Waals surface area contributed by atoms with Crippen molar-refractivity contribution in [3.63, 3.8) is 0 Å². The van der Waals surface area contributed by atoms with E-state index in [1.807, 2.05) is 66.7 Å². The second-order valence-electron chi connectivity index (χ2n) is 14.4. The Kier molecular flexibility index (Phi) is 6.83. The lowest BCUT2D eigenvalue weighted by Gasteiger charge is -2.13. The lowest BCUT2D eigenvalue weighted by Crippen LogP contribution is -2.07. The molecule has 0 spiro atoms. The zero-order chi connectivity index (χ0) is 37.5. The first-order valence-electron chi connectivity index (χ1n) is 19.1. The van der Waals surface area contributed by atoms with Crippen molar-refractivity contribution < 1.29 is 4.42 Å². The molecule has 0 bridgehead atoms. The Morgan fingerprint density at radius 1 is 0.368 bits per heavy atom. The van der Waals surface area contributed by atoms with Gasteiger partial charge in [0.05, 0.1) is 27.8 Å². The number of fused-ring (bicyclic) bond motifs is 10. The van der Waals surface area contributed by atoms with Crippen LogP contribution in [0.25, 0.3) is 111 Å². The Balaban J connectivity index is 1.19. The van der Waals surface area contributed by atoms with E-state index in [0.29, 0.717) is 17.6 Å². The maximum absolute atomic E-state index is 6.79. The van der Waals surface area contributed by atoms with E-state index in [-0.39, 0.29) is 0 Å². The van der Waals surface area contributed by atoms with E-state index < -0.39 is 0 Å². The molecule has 4 aromatic heterocycles. The van der Waals surface area contributed by atoms with Gasteiger partial charge < -0.3 is 8.98 Å². The van der Waals surface area contributed by atoms with E-state index in [1.165, 1.54) is 0 Å². The topological polar surface area (TPSA) is 61.7 Å². The highest BCUT2D eigenvalue weighted by atomic mass is 16.3. The molecule has 0 amide bonds. The number of hydrogen-bond donors (Lipinski definition) is 0. The molecular weight excluding hydrogens is 699 g/mol. The van der Waals surface area contributed by atoms with Crippen LogP contribution in [0.15, 0.2) is 192 Å². The predicted octanol–water partition coefficient (Wildman–Crippen LogP) is 13.0. The number of benzene rings is 8. The van der Waals surface area contributed by atoms with Crippen LogP contribution in [0.4, 0.5) is 0 Å². The molecule has 12 rings (SSSR count). The Hall–Kier alpha value is -7.83. The number of furan rings is 1. The summed E-state index contributed by atoms with van der Waals surface area (Å²) in [5, 5.41) is 6.71. The van der Waals surface area contributed by atoms with Crippen LogP contribution in [0.5, 0.6) is 0 Å². The van der Waals surface area contributed by atoms with Crippen LogP contribution < -0.4 is 0 Å². The molecule has 8 aromatic carbocycles. The third kappa shape index (κ3) is 4.81. The van der Waals surface area contributed by atoms with Gasteiger partial charge >= 0.3 is 0 Å². The largest absolute Gasteiger partial charge is 0.455 e. The molecule has 6 nitrogen and oxygen atoms in total. The Morgan fingerprint density at radius 2 is 0.877 bits per heavy atom. The summed E-state index contributed by atoms with van der Waals surface area (Å²) in [5.74, 6) is 1.78. The minimum Gasteiger partial charge on any atom is -0.455 e. The van der Waals surface area contributed by atoms with Gasteiger partial charge in [-0.25, -0.2) is 4.98 Å². The Labute approximate surface area is 326 Å². The molecule has 0 aliphatic rings.